The summed E-state index contributed by atoms with van der Waals surface area (Å²) in [5.41, 5.74) is 0. The topological polar surface area (TPSA) is 26.3 Å². The van der Waals surface area contributed by atoms with E-state index < -0.39 is 7.14 Å². The van der Waals surface area contributed by atoms with E-state index >= 15 is 0 Å². The molecule has 0 spiro atoms. The summed E-state index contributed by atoms with van der Waals surface area (Å²) < 4.78 is 20.0. The van der Waals surface area contributed by atoms with Gasteiger partial charge in [0.1, 0.15) is 11.5 Å². The Kier molecular flexibility index (Phi) is 3.11. The van der Waals surface area contributed by atoms with Gasteiger partial charge in [0.2, 0.25) is 0 Å². The number of fused-ring (bicyclic) bond motifs is 2. The number of rotatable bonds is 1. The summed E-state index contributed by atoms with van der Waals surface area (Å²) in [6.45, 7) is 0. The Morgan fingerprint density at radius 2 is 1.45 bits per heavy atom. The van der Waals surface area contributed by atoms with Crippen LogP contribution in [0.1, 0.15) is 0 Å². The highest BCUT2D eigenvalue weighted by Crippen LogP contribution is 2.51. The van der Waals surface area contributed by atoms with Crippen molar-refractivity contribution in [1.82, 2.24) is 0 Å². The van der Waals surface area contributed by atoms with Crippen LogP contribution < -0.4 is 20.7 Å². The predicted molar refractivity (Wildman–Crippen MR) is 90.9 cm³/mol. The summed E-state index contributed by atoms with van der Waals surface area (Å²) in [6.07, 6.45) is 0. The van der Waals surface area contributed by atoms with Crippen molar-refractivity contribution in [2.45, 2.75) is 0 Å². The molecule has 1 heterocycles. The molecule has 0 N–H and O–H groups in total. The van der Waals surface area contributed by atoms with E-state index in [9.17, 15) is 4.57 Å². The second-order valence-corrected chi connectivity index (χ2v) is 8.26. The third kappa shape index (κ3) is 1.92. The highest BCUT2D eigenvalue weighted by Gasteiger charge is 2.38. The van der Waals surface area contributed by atoms with Gasteiger partial charge in [-0.3, -0.25) is 0 Å². The Balaban J connectivity index is 2.08. The van der Waals surface area contributed by atoms with E-state index in [1.165, 1.54) is 0 Å². The average molecular weight is 327 g/mol. The molecule has 0 aromatic heterocycles. The molecule has 4 rings (SSSR count). The minimum atomic E-state index is -2.95. The average Bonchev–Trinajstić information content (AvgIpc) is 2.55. The van der Waals surface area contributed by atoms with Gasteiger partial charge in [0.25, 0.3) is 0 Å². The zero-order chi connectivity index (χ0) is 15.2. The largest absolute Gasteiger partial charge is 0.456 e. The Labute approximate surface area is 133 Å². The summed E-state index contributed by atoms with van der Waals surface area (Å²) in [4.78, 5) is 0. The Hall–Kier alpha value is -2.02. The quantitative estimate of drug-likeness (QED) is 0.493. The van der Waals surface area contributed by atoms with Gasteiger partial charge in [-0.1, -0.05) is 54.1 Å². The molecule has 0 amide bonds. The van der Waals surface area contributed by atoms with Crippen molar-refractivity contribution in [1.29, 1.82) is 0 Å². The minimum absolute atomic E-state index is 0.567. The van der Waals surface area contributed by atoms with E-state index in [4.69, 9.17) is 16.3 Å². The SMILES string of the molecule is O=P1(c2ccccc2)c2ccccc2Oc2cc(Cl)ccc21. The molecule has 0 fully saturated rings. The molecule has 0 bridgehead atoms. The number of hydrogen-bond acceptors (Lipinski definition) is 2. The number of para-hydroxylation sites is 1. The van der Waals surface area contributed by atoms with Crippen LogP contribution in [-0.4, -0.2) is 0 Å². The smallest absolute Gasteiger partial charge is 0.178 e. The highest BCUT2D eigenvalue weighted by atomic mass is 35.5. The zero-order valence-electron chi connectivity index (χ0n) is 11.6. The summed E-state index contributed by atoms with van der Waals surface area (Å²) in [5.74, 6) is 1.20. The van der Waals surface area contributed by atoms with Gasteiger partial charge < -0.3 is 9.30 Å². The molecular weight excluding hydrogens is 315 g/mol. The van der Waals surface area contributed by atoms with Crippen molar-refractivity contribution in [2.24, 2.45) is 0 Å². The summed E-state index contributed by atoms with van der Waals surface area (Å²) >= 11 is 6.07. The molecule has 4 heteroatoms. The molecule has 3 aromatic rings. The third-order valence-corrected chi connectivity index (χ3v) is 7.16. The second kappa shape index (κ2) is 5.01. The highest BCUT2D eigenvalue weighted by molar-refractivity contribution is 7.85. The maximum atomic E-state index is 14.1. The van der Waals surface area contributed by atoms with Gasteiger partial charge in [-0.05, 0) is 24.3 Å². The number of ether oxygens (including phenoxy) is 1. The molecule has 0 saturated heterocycles. The van der Waals surface area contributed by atoms with Crippen LogP contribution in [0, 0.1) is 0 Å². The Bertz CT molecular complexity index is 906. The van der Waals surface area contributed by atoms with E-state index in [0.717, 1.165) is 10.6 Å². The summed E-state index contributed by atoms with van der Waals surface area (Å²) in [6, 6.07) is 22.3. The van der Waals surface area contributed by atoms with Crippen molar-refractivity contribution < 1.29 is 9.30 Å². The first kappa shape index (κ1) is 13.6. The van der Waals surface area contributed by atoms with Crippen LogP contribution in [0.2, 0.25) is 5.02 Å². The Morgan fingerprint density at radius 3 is 2.27 bits per heavy atom. The van der Waals surface area contributed by atoms with Crippen molar-refractivity contribution in [2.75, 3.05) is 0 Å². The van der Waals surface area contributed by atoms with Gasteiger partial charge in [0.05, 0.1) is 10.6 Å². The van der Waals surface area contributed by atoms with Crippen LogP contribution in [0.4, 0.5) is 0 Å². The number of hydrogen-bond donors (Lipinski definition) is 0. The van der Waals surface area contributed by atoms with E-state index in [0.29, 0.717) is 21.8 Å². The molecular formula is C18H12ClO2P. The molecule has 0 aliphatic carbocycles. The number of benzene rings is 3. The molecule has 1 aliphatic heterocycles. The fourth-order valence-corrected chi connectivity index (χ4v) is 5.80. The zero-order valence-corrected chi connectivity index (χ0v) is 13.2. The molecule has 0 saturated carbocycles. The van der Waals surface area contributed by atoms with Gasteiger partial charge >= 0.3 is 0 Å². The second-order valence-electron chi connectivity index (χ2n) is 5.13. The normalized spacial score (nSPS) is 19.0. The summed E-state index contributed by atoms with van der Waals surface area (Å²) in [7, 11) is -2.95. The van der Waals surface area contributed by atoms with Gasteiger partial charge in [-0.25, -0.2) is 0 Å². The van der Waals surface area contributed by atoms with Crippen molar-refractivity contribution in [3.63, 3.8) is 0 Å². The van der Waals surface area contributed by atoms with Crippen LogP contribution in [0.5, 0.6) is 11.5 Å². The van der Waals surface area contributed by atoms with Crippen LogP contribution in [0.15, 0.2) is 72.8 Å². The maximum absolute atomic E-state index is 14.1. The fraction of sp³-hybridized carbons (Fsp3) is 0. The third-order valence-electron chi connectivity index (χ3n) is 3.81. The molecule has 22 heavy (non-hydrogen) atoms. The van der Waals surface area contributed by atoms with E-state index in [1.54, 1.807) is 18.2 Å². The molecule has 1 aliphatic rings. The maximum Gasteiger partial charge on any atom is 0.178 e. The molecule has 3 aromatic carbocycles. The molecule has 2 nitrogen and oxygen atoms in total. The van der Waals surface area contributed by atoms with Crippen LogP contribution in [0.25, 0.3) is 0 Å². The lowest BCUT2D eigenvalue weighted by atomic mass is 10.3. The molecule has 0 radical (unpaired) electrons. The monoisotopic (exact) mass is 326 g/mol. The van der Waals surface area contributed by atoms with E-state index in [-0.39, 0.29) is 0 Å². The van der Waals surface area contributed by atoms with Gasteiger partial charge in [0, 0.05) is 16.4 Å². The van der Waals surface area contributed by atoms with Crippen molar-refractivity contribution in [3.05, 3.63) is 77.8 Å². The van der Waals surface area contributed by atoms with Crippen LogP contribution in [-0.2, 0) is 4.57 Å². The van der Waals surface area contributed by atoms with E-state index in [2.05, 4.69) is 0 Å². The van der Waals surface area contributed by atoms with Crippen molar-refractivity contribution >= 4 is 34.7 Å². The van der Waals surface area contributed by atoms with Crippen LogP contribution in [0.3, 0.4) is 0 Å². The number of halogens is 1. The van der Waals surface area contributed by atoms with Gasteiger partial charge in [0.15, 0.2) is 7.14 Å². The lowest BCUT2D eigenvalue weighted by Crippen LogP contribution is -2.30. The first-order valence-electron chi connectivity index (χ1n) is 6.93. The standard InChI is InChI=1S/C18H12ClO2P/c19-13-10-11-18-16(12-13)21-15-8-4-5-9-17(15)22(18,20)14-6-2-1-3-7-14/h1-12H. The van der Waals surface area contributed by atoms with E-state index in [1.807, 2.05) is 54.6 Å². The molecule has 1 atom stereocenters. The van der Waals surface area contributed by atoms with Gasteiger partial charge in [-0.2, -0.15) is 0 Å². The summed E-state index contributed by atoms with van der Waals surface area (Å²) in [5, 5.41) is 2.80. The molecule has 1 unspecified atom stereocenters. The van der Waals surface area contributed by atoms with Crippen molar-refractivity contribution in [3.8, 4) is 11.5 Å². The lowest BCUT2D eigenvalue weighted by molar-refractivity contribution is 0.485. The first-order chi connectivity index (χ1) is 10.7. The molecule has 108 valence electrons. The minimum Gasteiger partial charge on any atom is -0.456 e. The van der Waals surface area contributed by atoms with Crippen LogP contribution >= 0.6 is 18.7 Å². The Morgan fingerprint density at radius 1 is 0.773 bits per heavy atom. The first-order valence-corrected chi connectivity index (χ1v) is 9.01. The fourth-order valence-electron chi connectivity index (χ4n) is 2.80. The predicted octanol–water partition coefficient (Wildman–Crippen LogP) is 4.09. The lowest BCUT2D eigenvalue weighted by Gasteiger charge is -2.28. The van der Waals surface area contributed by atoms with Gasteiger partial charge in [-0.15, -0.1) is 0 Å².